The van der Waals surface area contributed by atoms with Gasteiger partial charge in [-0.1, -0.05) is 12.2 Å². The predicted molar refractivity (Wildman–Crippen MR) is 65.5 cm³/mol. The van der Waals surface area contributed by atoms with Gasteiger partial charge in [0.1, 0.15) is 0 Å². The number of carbonyl (C=O) groups is 1. The van der Waals surface area contributed by atoms with Crippen molar-refractivity contribution in [3.05, 3.63) is 12.2 Å². The number of ether oxygens (including phenoxy) is 1. The predicted octanol–water partition coefficient (Wildman–Crippen LogP) is 1.98. The summed E-state index contributed by atoms with van der Waals surface area (Å²) in [5, 5.41) is 0. The molecule has 2 aliphatic heterocycles. The van der Waals surface area contributed by atoms with Crippen molar-refractivity contribution in [2.75, 3.05) is 13.1 Å². The molecule has 0 saturated carbocycles. The molecule has 0 bridgehead atoms. The quantitative estimate of drug-likeness (QED) is 0.650. The Morgan fingerprint density at radius 3 is 2.88 bits per heavy atom. The Kier molecular flexibility index (Phi) is 2.95. The Hall–Kier alpha value is -0.830. The minimum atomic E-state index is 0.228. The second-order valence-electron chi connectivity index (χ2n) is 5.69. The number of likely N-dealkylation sites (tertiary alicyclic amines) is 1. The van der Waals surface area contributed by atoms with Crippen LogP contribution in [0.5, 0.6) is 0 Å². The molecule has 0 aromatic heterocycles. The van der Waals surface area contributed by atoms with E-state index in [0.29, 0.717) is 24.0 Å². The lowest BCUT2D eigenvalue weighted by Crippen LogP contribution is -2.46. The van der Waals surface area contributed by atoms with Crippen LogP contribution >= 0.6 is 0 Å². The first-order chi connectivity index (χ1) is 8.24. The summed E-state index contributed by atoms with van der Waals surface area (Å²) in [7, 11) is 0. The fourth-order valence-corrected chi connectivity index (χ4v) is 3.47. The molecule has 3 nitrogen and oxygen atoms in total. The van der Waals surface area contributed by atoms with E-state index in [1.807, 2.05) is 0 Å². The maximum atomic E-state index is 12.3. The van der Waals surface area contributed by atoms with Crippen LogP contribution in [0.4, 0.5) is 0 Å². The maximum absolute atomic E-state index is 12.3. The van der Waals surface area contributed by atoms with E-state index in [0.717, 1.165) is 38.8 Å². The average Bonchev–Trinajstić information content (AvgIpc) is 2.94. The van der Waals surface area contributed by atoms with Gasteiger partial charge in [0.25, 0.3) is 0 Å². The highest BCUT2D eigenvalue weighted by Gasteiger charge is 2.39. The number of nitrogens with zero attached hydrogens (tertiary/aromatic N) is 1. The normalized spacial score (nSPS) is 37.5. The van der Waals surface area contributed by atoms with Crippen molar-refractivity contribution in [1.82, 2.24) is 4.90 Å². The molecule has 0 N–H and O–H groups in total. The summed E-state index contributed by atoms with van der Waals surface area (Å²) in [6.07, 6.45) is 9.10. The van der Waals surface area contributed by atoms with Crippen molar-refractivity contribution >= 4 is 5.91 Å². The van der Waals surface area contributed by atoms with Gasteiger partial charge in [-0.05, 0) is 32.6 Å². The Bertz CT molecular complexity index is 331. The molecule has 0 radical (unpaired) electrons. The largest absolute Gasteiger partial charge is 0.375 e. The molecule has 3 aliphatic rings. The summed E-state index contributed by atoms with van der Waals surface area (Å²) >= 11 is 0. The zero-order valence-corrected chi connectivity index (χ0v) is 10.5. The van der Waals surface area contributed by atoms with E-state index in [1.165, 1.54) is 0 Å². The molecule has 3 heteroatoms. The highest BCUT2D eigenvalue weighted by atomic mass is 16.5. The van der Waals surface area contributed by atoms with Crippen LogP contribution in [-0.4, -0.2) is 36.1 Å². The van der Waals surface area contributed by atoms with Gasteiger partial charge >= 0.3 is 0 Å². The van der Waals surface area contributed by atoms with Gasteiger partial charge in [0.05, 0.1) is 12.2 Å². The van der Waals surface area contributed by atoms with E-state index in [2.05, 4.69) is 24.0 Å². The number of piperidine rings is 1. The molecule has 1 aliphatic carbocycles. The van der Waals surface area contributed by atoms with Crippen LogP contribution in [0.3, 0.4) is 0 Å². The topological polar surface area (TPSA) is 29.5 Å². The second kappa shape index (κ2) is 4.45. The lowest BCUT2D eigenvalue weighted by molar-refractivity contribution is -0.138. The molecule has 0 unspecified atom stereocenters. The van der Waals surface area contributed by atoms with Gasteiger partial charge in [-0.25, -0.2) is 0 Å². The molecule has 2 saturated heterocycles. The first-order valence-electron chi connectivity index (χ1n) is 6.83. The Labute approximate surface area is 103 Å². The van der Waals surface area contributed by atoms with Crippen LogP contribution in [0, 0.1) is 11.8 Å². The SMILES string of the molecule is C[C@@H]1C[C@@H]2CN(C(=O)C3CC=CC3)CC[C@H]2O1. The van der Waals surface area contributed by atoms with Gasteiger partial charge in [-0.2, -0.15) is 0 Å². The third kappa shape index (κ3) is 2.13. The van der Waals surface area contributed by atoms with E-state index < -0.39 is 0 Å². The van der Waals surface area contributed by atoms with Crippen molar-refractivity contribution in [2.24, 2.45) is 11.8 Å². The number of hydrogen-bond donors (Lipinski definition) is 0. The molecule has 0 spiro atoms. The van der Waals surface area contributed by atoms with Crippen molar-refractivity contribution in [1.29, 1.82) is 0 Å². The molecular formula is C14H21NO2. The second-order valence-corrected chi connectivity index (χ2v) is 5.69. The van der Waals surface area contributed by atoms with Gasteiger partial charge in [0.15, 0.2) is 0 Å². The van der Waals surface area contributed by atoms with Crippen LogP contribution in [0.1, 0.15) is 32.6 Å². The Balaban J connectivity index is 1.60. The average molecular weight is 235 g/mol. The fraction of sp³-hybridized carbons (Fsp3) is 0.786. The molecule has 3 atom stereocenters. The lowest BCUT2D eigenvalue weighted by atomic mass is 9.92. The summed E-state index contributed by atoms with van der Waals surface area (Å²) in [6.45, 7) is 3.96. The Morgan fingerprint density at radius 2 is 2.12 bits per heavy atom. The fourth-order valence-electron chi connectivity index (χ4n) is 3.47. The third-order valence-corrected chi connectivity index (χ3v) is 4.37. The molecule has 2 heterocycles. The number of fused-ring (bicyclic) bond motifs is 1. The summed E-state index contributed by atoms with van der Waals surface area (Å²) in [4.78, 5) is 14.4. The number of carbonyl (C=O) groups excluding carboxylic acids is 1. The lowest BCUT2D eigenvalue weighted by Gasteiger charge is -2.35. The maximum Gasteiger partial charge on any atom is 0.226 e. The van der Waals surface area contributed by atoms with Crippen LogP contribution in [0.25, 0.3) is 0 Å². The van der Waals surface area contributed by atoms with Crippen molar-refractivity contribution < 1.29 is 9.53 Å². The number of allylic oxidation sites excluding steroid dienone is 2. The number of rotatable bonds is 1. The van der Waals surface area contributed by atoms with Gasteiger partial charge in [0, 0.05) is 24.9 Å². The van der Waals surface area contributed by atoms with Crippen LogP contribution < -0.4 is 0 Å². The first kappa shape index (κ1) is 11.3. The molecule has 0 aromatic rings. The minimum absolute atomic E-state index is 0.228. The van der Waals surface area contributed by atoms with E-state index >= 15 is 0 Å². The summed E-state index contributed by atoms with van der Waals surface area (Å²) in [5.41, 5.74) is 0. The van der Waals surface area contributed by atoms with E-state index in [-0.39, 0.29) is 5.92 Å². The summed E-state index contributed by atoms with van der Waals surface area (Å²) in [6, 6.07) is 0. The number of hydrogen-bond acceptors (Lipinski definition) is 2. The molecule has 94 valence electrons. The monoisotopic (exact) mass is 235 g/mol. The molecule has 2 fully saturated rings. The zero-order chi connectivity index (χ0) is 11.8. The summed E-state index contributed by atoms with van der Waals surface area (Å²) < 4.78 is 5.87. The van der Waals surface area contributed by atoms with Gasteiger partial charge in [-0.15, -0.1) is 0 Å². The van der Waals surface area contributed by atoms with E-state index in [1.54, 1.807) is 0 Å². The number of amides is 1. The Morgan fingerprint density at radius 1 is 1.35 bits per heavy atom. The highest BCUT2D eigenvalue weighted by molar-refractivity contribution is 5.79. The van der Waals surface area contributed by atoms with E-state index in [9.17, 15) is 4.79 Å². The first-order valence-corrected chi connectivity index (χ1v) is 6.83. The molecule has 0 aromatic carbocycles. The minimum Gasteiger partial charge on any atom is -0.375 e. The van der Waals surface area contributed by atoms with Gasteiger partial charge < -0.3 is 9.64 Å². The van der Waals surface area contributed by atoms with Crippen LogP contribution in [0.2, 0.25) is 0 Å². The molecular weight excluding hydrogens is 214 g/mol. The van der Waals surface area contributed by atoms with Crippen molar-refractivity contribution in [3.63, 3.8) is 0 Å². The molecule has 17 heavy (non-hydrogen) atoms. The van der Waals surface area contributed by atoms with Crippen molar-refractivity contribution in [2.45, 2.75) is 44.8 Å². The highest BCUT2D eigenvalue weighted by Crippen LogP contribution is 2.33. The van der Waals surface area contributed by atoms with Crippen LogP contribution in [0.15, 0.2) is 12.2 Å². The molecule has 3 rings (SSSR count). The smallest absolute Gasteiger partial charge is 0.226 e. The zero-order valence-electron chi connectivity index (χ0n) is 10.5. The third-order valence-electron chi connectivity index (χ3n) is 4.37. The van der Waals surface area contributed by atoms with Crippen LogP contribution in [-0.2, 0) is 9.53 Å². The van der Waals surface area contributed by atoms with Crippen molar-refractivity contribution in [3.8, 4) is 0 Å². The van der Waals surface area contributed by atoms with Gasteiger partial charge in [0.2, 0.25) is 5.91 Å². The van der Waals surface area contributed by atoms with Gasteiger partial charge in [-0.3, -0.25) is 4.79 Å². The molecule has 1 amide bonds. The summed E-state index contributed by atoms with van der Waals surface area (Å²) in [5.74, 6) is 1.18. The van der Waals surface area contributed by atoms with E-state index in [4.69, 9.17) is 4.74 Å². The standard InChI is InChI=1S/C14H21NO2/c1-10-8-12-9-15(7-6-13(12)17-10)14(16)11-4-2-3-5-11/h2-3,10-13H,4-9H2,1H3/t10-,12-,13-/m1/s1.